The monoisotopic (exact) mass is 364 g/mol. The van der Waals surface area contributed by atoms with E-state index in [1.165, 1.54) is 6.20 Å². The molecule has 2 N–H and O–H groups in total. The molecule has 0 saturated heterocycles. The Hall–Kier alpha value is -3.26. The lowest BCUT2D eigenvalue weighted by atomic mass is 9.95. The highest BCUT2D eigenvalue weighted by molar-refractivity contribution is 6.09. The number of nitrogens with zero attached hydrogens (tertiary/aromatic N) is 5. The first-order valence-electron chi connectivity index (χ1n) is 8.54. The quantitative estimate of drug-likeness (QED) is 0.582. The summed E-state index contributed by atoms with van der Waals surface area (Å²) in [5.74, 6) is -0.338. The third kappa shape index (κ3) is 3.04. The van der Waals surface area contributed by atoms with Crippen molar-refractivity contribution in [2.24, 2.45) is 7.05 Å². The lowest BCUT2D eigenvalue weighted by Gasteiger charge is -2.22. The summed E-state index contributed by atoms with van der Waals surface area (Å²) < 4.78 is 3.27. The number of carbonyl (C=O) groups is 1. The Bertz CT molecular complexity index is 1180. The van der Waals surface area contributed by atoms with Crippen LogP contribution in [0.15, 0.2) is 36.9 Å². The zero-order chi connectivity index (χ0) is 19.3. The highest BCUT2D eigenvalue weighted by Crippen LogP contribution is 2.32. The van der Waals surface area contributed by atoms with Gasteiger partial charge in [0.2, 0.25) is 0 Å². The molecule has 0 aliphatic rings. The molecule has 27 heavy (non-hydrogen) atoms. The van der Waals surface area contributed by atoms with Crippen molar-refractivity contribution in [2.45, 2.75) is 26.4 Å². The molecule has 1 aromatic carbocycles. The molecule has 0 saturated carbocycles. The number of aliphatic hydroxyl groups is 1. The van der Waals surface area contributed by atoms with Crippen molar-refractivity contribution in [3.05, 3.63) is 53.6 Å². The van der Waals surface area contributed by atoms with Gasteiger partial charge in [-0.2, -0.15) is 10.2 Å². The van der Waals surface area contributed by atoms with Crippen LogP contribution in [-0.2, 0) is 12.6 Å². The van der Waals surface area contributed by atoms with Crippen LogP contribution in [0.25, 0.3) is 16.6 Å². The summed E-state index contributed by atoms with van der Waals surface area (Å²) in [4.78, 5) is 17.2. The highest BCUT2D eigenvalue weighted by atomic mass is 16.3. The number of amides is 1. The van der Waals surface area contributed by atoms with E-state index in [-0.39, 0.29) is 5.91 Å². The number of hydrogen-bond donors (Lipinski definition) is 2. The van der Waals surface area contributed by atoms with Crippen LogP contribution in [0.4, 0.5) is 5.69 Å². The number of benzene rings is 1. The lowest BCUT2D eigenvalue weighted by Crippen LogP contribution is -2.21. The molecule has 0 radical (unpaired) electrons. The number of nitrogens with one attached hydrogen (secondary N) is 1. The van der Waals surface area contributed by atoms with Gasteiger partial charge in [0.25, 0.3) is 5.91 Å². The summed E-state index contributed by atoms with van der Waals surface area (Å²) in [5.41, 5.74) is 2.50. The van der Waals surface area contributed by atoms with Crippen molar-refractivity contribution in [2.75, 3.05) is 5.32 Å². The van der Waals surface area contributed by atoms with Crippen LogP contribution in [0, 0.1) is 6.92 Å². The summed E-state index contributed by atoms with van der Waals surface area (Å²) in [6, 6.07) is 3.61. The fourth-order valence-electron chi connectivity index (χ4n) is 3.12. The maximum atomic E-state index is 12.9. The van der Waals surface area contributed by atoms with Gasteiger partial charge in [-0.25, -0.2) is 9.50 Å². The van der Waals surface area contributed by atoms with Gasteiger partial charge in [-0.1, -0.05) is 0 Å². The molecule has 0 aliphatic heterocycles. The largest absolute Gasteiger partial charge is 0.386 e. The minimum atomic E-state index is -1.15. The molecule has 0 fully saturated rings. The van der Waals surface area contributed by atoms with Crippen LogP contribution in [0.5, 0.6) is 0 Å². The van der Waals surface area contributed by atoms with Crippen molar-refractivity contribution in [3.8, 4) is 0 Å². The zero-order valence-corrected chi connectivity index (χ0v) is 15.6. The Labute approximate surface area is 155 Å². The van der Waals surface area contributed by atoms with Crippen LogP contribution in [0.2, 0.25) is 0 Å². The van der Waals surface area contributed by atoms with E-state index in [0.29, 0.717) is 22.5 Å². The first-order valence-corrected chi connectivity index (χ1v) is 8.54. The molecule has 0 unspecified atom stereocenters. The van der Waals surface area contributed by atoms with Gasteiger partial charge in [0.1, 0.15) is 5.56 Å². The third-order valence-electron chi connectivity index (χ3n) is 4.40. The summed E-state index contributed by atoms with van der Waals surface area (Å²) >= 11 is 0. The molecule has 0 bridgehead atoms. The van der Waals surface area contributed by atoms with Gasteiger partial charge in [0.05, 0.1) is 17.3 Å². The van der Waals surface area contributed by atoms with Crippen molar-refractivity contribution >= 4 is 28.1 Å². The lowest BCUT2D eigenvalue weighted by molar-refractivity contribution is 0.0794. The number of anilines is 1. The number of aromatic nitrogens is 5. The molecule has 8 heteroatoms. The van der Waals surface area contributed by atoms with Gasteiger partial charge in [-0.05, 0) is 38.5 Å². The third-order valence-corrected chi connectivity index (χ3v) is 4.40. The number of rotatable bonds is 3. The number of hydrogen-bond acceptors (Lipinski definition) is 5. The van der Waals surface area contributed by atoms with E-state index in [2.05, 4.69) is 20.5 Å². The van der Waals surface area contributed by atoms with Gasteiger partial charge in [-0.3, -0.25) is 9.48 Å². The molecule has 0 atom stereocenters. The van der Waals surface area contributed by atoms with Crippen molar-refractivity contribution in [1.29, 1.82) is 0 Å². The second kappa shape index (κ2) is 5.88. The molecular weight excluding hydrogens is 344 g/mol. The fraction of sp³-hybridized carbons (Fsp3) is 0.263. The summed E-state index contributed by atoms with van der Waals surface area (Å²) in [5, 5.41) is 22.9. The van der Waals surface area contributed by atoms with E-state index in [9.17, 15) is 9.90 Å². The maximum absolute atomic E-state index is 12.9. The Morgan fingerprint density at radius 2 is 2.00 bits per heavy atom. The first kappa shape index (κ1) is 17.2. The van der Waals surface area contributed by atoms with Gasteiger partial charge < -0.3 is 10.4 Å². The van der Waals surface area contributed by atoms with Crippen molar-refractivity contribution in [1.82, 2.24) is 24.4 Å². The summed E-state index contributed by atoms with van der Waals surface area (Å²) in [6.07, 6.45) is 6.85. The van der Waals surface area contributed by atoms with E-state index in [1.54, 1.807) is 35.3 Å². The van der Waals surface area contributed by atoms with Gasteiger partial charge in [-0.15, -0.1) is 0 Å². The second-order valence-electron chi connectivity index (χ2n) is 7.23. The Morgan fingerprint density at radius 1 is 1.22 bits per heavy atom. The summed E-state index contributed by atoms with van der Waals surface area (Å²) in [6.45, 7) is 5.26. The molecule has 0 aliphatic carbocycles. The SMILES string of the molecule is Cc1cnc2c(C(=O)Nc3cc4cn(C)nc4cc3C(C)(C)O)cnn2c1. The van der Waals surface area contributed by atoms with Crippen LogP contribution in [0.1, 0.15) is 35.3 Å². The van der Waals surface area contributed by atoms with Gasteiger partial charge in [0, 0.05) is 42.3 Å². The van der Waals surface area contributed by atoms with Crippen LogP contribution >= 0.6 is 0 Å². The number of aryl methyl sites for hydroxylation is 2. The normalized spacial score (nSPS) is 12.0. The minimum absolute atomic E-state index is 0.338. The topological polar surface area (TPSA) is 97.3 Å². The molecule has 4 aromatic rings. The molecule has 3 aromatic heterocycles. The molecular formula is C19H20N6O2. The van der Waals surface area contributed by atoms with Crippen LogP contribution in [0.3, 0.4) is 0 Å². The van der Waals surface area contributed by atoms with Gasteiger partial charge in [0.15, 0.2) is 5.65 Å². The molecule has 1 amide bonds. The molecule has 3 heterocycles. The molecule has 8 nitrogen and oxygen atoms in total. The predicted molar refractivity (Wildman–Crippen MR) is 102 cm³/mol. The number of fused-ring (bicyclic) bond motifs is 2. The van der Waals surface area contributed by atoms with Crippen molar-refractivity contribution in [3.63, 3.8) is 0 Å². The van der Waals surface area contributed by atoms with Crippen LogP contribution < -0.4 is 5.32 Å². The van der Waals surface area contributed by atoms with E-state index in [0.717, 1.165) is 16.5 Å². The highest BCUT2D eigenvalue weighted by Gasteiger charge is 2.24. The van der Waals surface area contributed by atoms with Crippen LogP contribution in [-0.4, -0.2) is 35.4 Å². The van der Waals surface area contributed by atoms with Crippen molar-refractivity contribution < 1.29 is 9.90 Å². The Balaban J connectivity index is 1.78. The second-order valence-corrected chi connectivity index (χ2v) is 7.23. The van der Waals surface area contributed by atoms with E-state index >= 15 is 0 Å². The molecule has 0 spiro atoms. The van der Waals surface area contributed by atoms with E-state index < -0.39 is 5.60 Å². The fourth-order valence-corrected chi connectivity index (χ4v) is 3.12. The van der Waals surface area contributed by atoms with E-state index in [1.807, 2.05) is 32.4 Å². The van der Waals surface area contributed by atoms with E-state index in [4.69, 9.17) is 0 Å². The minimum Gasteiger partial charge on any atom is -0.386 e. The maximum Gasteiger partial charge on any atom is 0.261 e. The smallest absolute Gasteiger partial charge is 0.261 e. The zero-order valence-electron chi connectivity index (χ0n) is 15.6. The average molecular weight is 364 g/mol. The Morgan fingerprint density at radius 3 is 2.74 bits per heavy atom. The number of carbonyl (C=O) groups excluding carboxylic acids is 1. The first-order chi connectivity index (χ1) is 12.7. The predicted octanol–water partition coefficient (Wildman–Crippen LogP) is 2.40. The van der Waals surface area contributed by atoms with Gasteiger partial charge >= 0.3 is 0 Å². The molecule has 138 valence electrons. The molecule has 4 rings (SSSR count). The summed E-state index contributed by atoms with van der Waals surface area (Å²) in [7, 11) is 1.83. The Kier molecular flexibility index (Phi) is 3.74. The average Bonchev–Trinajstić information content (AvgIpc) is 3.14. The standard InChI is InChI=1S/C19H20N6O2/c1-11-7-20-17-13(8-21-25(17)9-11)18(26)22-16-5-12-10-24(4)23-15(12)6-14(16)19(2,3)27/h5-10,27H,1-4H3,(H,22,26).